The standard InChI is InChI=1S/C74H124N4O51/c1-20-26(92)9-74(112-19-87,129-58(20)41(94)27(93)10-79)8-7-28-42(95)51(104)55(108)69(114-28)123-60-33(15-84)120-68(40(50(60)103)78-25(6)91)128-65-54(107)45(98)31(13-82)117-73(65)126-63-46(99)36(121-71(57(63)110)125-62-35(17-86)118-66(38(48(62)101)76-23(4)89)122-59-32(14-83)113-21(2)37(47(59)100)75-22(3)88)18-111-72-64(53(106)44(97)30(12-81)116-72)127-67-39(77-24(5)90)49(102)61(34(16-85)119-67)124-70-56(109)52(105)43(96)29(11-80)115-70/h19-21,26-73,79-86,92-110H,7-18H2,1-6H3,(H,75,88)(H,76,89)(H,77,90)(H,78,91)/t20-,21+,26-,27?,28?,29?,30?,31?,32?,33?,34?,35?,36?,37?,38?,39?,40?,41+,42+,43+,44-,45-,46-,47-,48-,49-,50-,51+,52+,53+,54?,55?,56?,57?,58?,59-,60-,61-,62-,63+,64?,65?,66+,67?,68+,69+,70+,71+,72+,73-,74-/m1/s1. The first-order chi connectivity index (χ1) is 61.0. The van der Waals surface area contributed by atoms with E-state index in [2.05, 4.69) is 21.3 Å². The lowest BCUT2D eigenvalue weighted by atomic mass is 9.82. The molecule has 10 saturated heterocycles. The van der Waals surface area contributed by atoms with Gasteiger partial charge in [0.15, 0.2) is 50.3 Å². The van der Waals surface area contributed by atoms with Crippen LogP contribution in [0.3, 0.4) is 0 Å². The van der Waals surface area contributed by atoms with E-state index >= 15 is 0 Å². The Hall–Kier alpha value is -4.45. The molecule has 31 N–H and O–H groups in total. The van der Waals surface area contributed by atoms with Gasteiger partial charge in [0.05, 0.1) is 89.9 Å². The third kappa shape index (κ3) is 23.9. The molecule has 0 aliphatic carbocycles. The van der Waals surface area contributed by atoms with Gasteiger partial charge in [0.25, 0.3) is 6.47 Å². The lowest BCUT2D eigenvalue weighted by Crippen LogP contribution is -2.71. The third-order valence-electron chi connectivity index (χ3n) is 24.4. The number of carbonyl (C=O) groups is 5. The van der Waals surface area contributed by atoms with Gasteiger partial charge in [-0.15, -0.1) is 0 Å². The van der Waals surface area contributed by atoms with Crippen LogP contribution in [0.4, 0.5) is 0 Å². The van der Waals surface area contributed by atoms with Crippen LogP contribution in [0, 0.1) is 5.92 Å². The summed E-state index contributed by atoms with van der Waals surface area (Å²) >= 11 is 0. The van der Waals surface area contributed by atoms with E-state index < -0.39 is 414 Å². The maximum atomic E-state index is 13.2. The van der Waals surface area contributed by atoms with Crippen molar-refractivity contribution in [2.75, 3.05) is 59.5 Å². The molecular formula is C74H124N4O51. The fourth-order valence-corrected chi connectivity index (χ4v) is 17.4. The third-order valence-corrected chi connectivity index (χ3v) is 24.4. The molecule has 0 aromatic carbocycles. The molecule has 0 aromatic rings. The molecule has 4 amide bonds. The minimum Gasteiger partial charge on any atom is -0.435 e. The topological polar surface area (TPSA) is 855 Å². The van der Waals surface area contributed by atoms with Crippen LogP contribution in [-0.2, 0) is 114 Å². The fraction of sp³-hybridized carbons (Fsp3) is 0.932. The van der Waals surface area contributed by atoms with E-state index in [0.29, 0.717) is 0 Å². The van der Waals surface area contributed by atoms with Crippen LogP contribution in [0.1, 0.15) is 60.8 Å². The van der Waals surface area contributed by atoms with E-state index in [1.54, 1.807) is 0 Å². The van der Waals surface area contributed by atoms with E-state index in [-0.39, 0.29) is 6.47 Å². The molecule has 0 radical (unpaired) electrons. The Bertz CT molecular complexity index is 3510. The Morgan fingerprint density at radius 1 is 0.357 bits per heavy atom. The number of aliphatic hydroxyl groups excluding tert-OH is 27. The van der Waals surface area contributed by atoms with Gasteiger partial charge in [-0.2, -0.15) is 0 Å². The predicted molar refractivity (Wildman–Crippen MR) is 403 cm³/mol. The lowest BCUT2D eigenvalue weighted by Gasteiger charge is -2.51. The number of nitrogens with one attached hydrogen (secondary N) is 4. The Labute approximate surface area is 733 Å². The van der Waals surface area contributed by atoms with Crippen molar-refractivity contribution in [2.24, 2.45) is 5.92 Å². The number of aliphatic hydroxyl groups is 27. The maximum absolute atomic E-state index is 13.2. The average molecular weight is 1890 g/mol. The normalized spacial score (nSPS) is 48.1. The van der Waals surface area contributed by atoms with Crippen LogP contribution in [-0.4, -0.2) is 534 Å². The number of hydrogen-bond donors (Lipinski definition) is 31. The maximum Gasteiger partial charge on any atom is 0.295 e. The van der Waals surface area contributed by atoms with E-state index in [1.807, 2.05) is 0 Å². The number of carbonyl (C=O) groups excluding carboxylic acids is 5. The van der Waals surface area contributed by atoms with E-state index in [1.165, 1.54) is 13.8 Å². The monoisotopic (exact) mass is 1880 g/mol. The van der Waals surface area contributed by atoms with E-state index in [9.17, 15) is 162 Å². The molecule has 10 aliphatic heterocycles. The SMILES string of the molecule is CC(=O)NC1C(OC2[C@@H](OCC3O[C@@H](O[C@@H]4C(CO)O[C@@H](O[C@@H]5C(CO)O[C@@H](C)C(NC(C)=O)[C@H]5O)C(NC(C)=O)[C@H]4O)C(O)[C@@H](O[C@H]4OC(CO)[C@@H](O)C(O)C4O[C@@H]4OC(CO)[C@@H](O[C@@H]5OC(CC[C@]6(OC=O)C[C@@H](O)[C@@H](C)C([C@@H](O)C(O)CO)O6)[C@H](O)[C@H](O)C5O)[C@H](O)C4NC(C)=O)[C@@H]3O)OC(CO)[C@@H](O)[C@@H]2O)OC(CO)[C@@H](O[C@@H]2OC(CO)[C@H](O)[C@H](O)C2O)[C@@H]1O. The summed E-state index contributed by atoms with van der Waals surface area (Å²) in [4.78, 5) is 63.6. The van der Waals surface area contributed by atoms with Gasteiger partial charge in [-0.25, -0.2) is 0 Å². The van der Waals surface area contributed by atoms with Crippen LogP contribution in [0.15, 0.2) is 0 Å². The molecule has 129 heavy (non-hydrogen) atoms. The lowest BCUT2D eigenvalue weighted by molar-refractivity contribution is -0.398. The van der Waals surface area contributed by atoms with Gasteiger partial charge in [-0.1, -0.05) is 6.92 Å². The molecular weight excluding hydrogens is 1760 g/mol. The van der Waals surface area contributed by atoms with Gasteiger partial charge in [0.1, 0.15) is 220 Å². The summed E-state index contributed by atoms with van der Waals surface area (Å²) in [6.07, 6.45) is -93.6. The van der Waals surface area contributed by atoms with Gasteiger partial charge in [0.2, 0.25) is 29.4 Å². The summed E-state index contributed by atoms with van der Waals surface area (Å²) in [7, 11) is 0. The average Bonchev–Trinajstić information content (AvgIpc) is 0.758. The first kappa shape index (κ1) is 107. The molecule has 10 aliphatic rings. The molecule has 55 nitrogen and oxygen atoms in total. The second-order valence-corrected chi connectivity index (χ2v) is 33.4. The molecule has 10 rings (SSSR count). The minimum absolute atomic E-state index is 0.0718. The van der Waals surface area contributed by atoms with Crippen LogP contribution in [0.5, 0.6) is 0 Å². The number of hydrogen-bond acceptors (Lipinski definition) is 51. The van der Waals surface area contributed by atoms with Gasteiger partial charge >= 0.3 is 0 Å². The first-order valence-corrected chi connectivity index (χ1v) is 41.8. The van der Waals surface area contributed by atoms with Crippen molar-refractivity contribution in [3.63, 3.8) is 0 Å². The van der Waals surface area contributed by atoms with E-state index in [4.69, 9.17) is 90.0 Å². The quantitative estimate of drug-likeness (QED) is 0.0259. The largest absolute Gasteiger partial charge is 0.435 e. The Morgan fingerprint density at radius 3 is 1.09 bits per heavy atom. The number of amides is 4. The molecule has 0 aromatic heterocycles. The highest BCUT2D eigenvalue weighted by Gasteiger charge is 2.62. The summed E-state index contributed by atoms with van der Waals surface area (Å²) < 4.78 is 114. The van der Waals surface area contributed by atoms with Crippen molar-refractivity contribution < 1.29 is 252 Å². The van der Waals surface area contributed by atoms with Crippen LogP contribution in [0.2, 0.25) is 0 Å². The van der Waals surface area contributed by atoms with Gasteiger partial charge in [0, 0.05) is 46.5 Å². The molecule has 10 heterocycles. The Kier molecular flexibility index (Phi) is 38.5. The van der Waals surface area contributed by atoms with Crippen LogP contribution >= 0.6 is 0 Å². The zero-order valence-electron chi connectivity index (χ0n) is 70.3. The smallest absolute Gasteiger partial charge is 0.295 e. The van der Waals surface area contributed by atoms with Crippen molar-refractivity contribution in [1.29, 1.82) is 0 Å². The minimum atomic E-state index is -2.61. The van der Waals surface area contributed by atoms with Crippen molar-refractivity contribution in [2.45, 2.75) is 367 Å². The Balaban J connectivity index is 0.960. The zero-order valence-corrected chi connectivity index (χ0v) is 70.3. The molecule has 0 bridgehead atoms. The van der Waals surface area contributed by atoms with Gasteiger partial charge in [-0.3, -0.25) is 24.0 Å². The second-order valence-electron chi connectivity index (χ2n) is 33.4. The highest BCUT2D eigenvalue weighted by atomic mass is 16.8. The van der Waals surface area contributed by atoms with Crippen molar-refractivity contribution >= 4 is 30.1 Å². The summed E-state index contributed by atoms with van der Waals surface area (Å²) in [5.74, 6) is -6.66. The predicted octanol–water partition coefficient (Wildman–Crippen LogP) is -19.8. The summed E-state index contributed by atoms with van der Waals surface area (Å²) in [6.45, 7) is -3.19. The highest BCUT2D eigenvalue weighted by molar-refractivity contribution is 5.74. The van der Waals surface area contributed by atoms with Gasteiger partial charge < -0.3 is 249 Å². The van der Waals surface area contributed by atoms with Crippen molar-refractivity contribution in [3.8, 4) is 0 Å². The fourth-order valence-electron chi connectivity index (χ4n) is 17.4. The van der Waals surface area contributed by atoms with Crippen molar-refractivity contribution in [1.82, 2.24) is 21.3 Å². The molecule has 51 atom stereocenters. The zero-order chi connectivity index (χ0) is 95.1. The van der Waals surface area contributed by atoms with Crippen molar-refractivity contribution in [3.05, 3.63) is 0 Å². The molecule has 0 spiro atoms. The molecule has 746 valence electrons. The number of rotatable bonds is 36. The molecule has 22 unspecified atom stereocenters. The number of ether oxygens (including phenoxy) is 19. The molecule has 55 heteroatoms. The molecule has 0 saturated carbocycles. The summed E-state index contributed by atoms with van der Waals surface area (Å²) in [6, 6.07) is -7.10. The Morgan fingerprint density at radius 2 is 0.682 bits per heavy atom. The highest BCUT2D eigenvalue weighted by Crippen LogP contribution is 2.44. The second kappa shape index (κ2) is 46.6. The first-order valence-electron chi connectivity index (χ1n) is 41.8. The molecule has 10 fully saturated rings. The summed E-state index contributed by atoms with van der Waals surface area (Å²) in [5, 5.41) is 313. The van der Waals surface area contributed by atoms with Crippen LogP contribution in [0.25, 0.3) is 0 Å². The van der Waals surface area contributed by atoms with Gasteiger partial charge in [-0.05, 0) is 13.3 Å². The van der Waals surface area contributed by atoms with E-state index in [0.717, 1.165) is 27.7 Å². The van der Waals surface area contributed by atoms with Crippen LogP contribution < -0.4 is 21.3 Å². The summed E-state index contributed by atoms with van der Waals surface area (Å²) in [5.41, 5.74) is 0.